The average molecular weight is 399 g/mol. The first-order valence-electron chi connectivity index (χ1n) is 10.3. The van der Waals surface area contributed by atoms with E-state index in [-0.39, 0.29) is 12.2 Å². The Hall–Kier alpha value is -2.11. The molecule has 3 heterocycles. The van der Waals surface area contributed by atoms with Gasteiger partial charge in [-0.15, -0.1) is 0 Å². The first kappa shape index (κ1) is 21.6. The maximum absolute atomic E-state index is 10.0. The number of fused-ring (bicyclic) bond motifs is 5. The van der Waals surface area contributed by atoms with Gasteiger partial charge in [-0.25, -0.2) is 4.89 Å². The fourth-order valence-corrected chi connectivity index (χ4v) is 5.51. The van der Waals surface area contributed by atoms with E-state index in [2.05, 4.69) is 44.7 Å². The van der Waals surface area contributed by atoms with Gasteiger partial charge in [0, 0.05) is 25.1 Å². The van der Waals surface area contributed by atoms with Gasteiger partial charge in [0.15, 0.2) is 5.60 Å². The van der Waals surface area contributed by atoms with Gasteiger partial charge in [0.25, 0.3) is 0 Å². The van der Waals surface area contributed by atoms with Crippen molar-refractivity contribution in [2.75, 3.05) is 13.1 Å². The summed E-state index contributed by atoms with van der Waals surface area (Å²) in [4.78, 5) is 29.1. The van der Waals surface area contributed by atoms with Crippen LogP contribution in [0.2, 0.25) is 0 Å². The Morgan fingerprint density at radius 2 is 2.17 bits per heavy atom. The van der Waals surface area contributed by atoms with Crippen LogP contribution in [0.15, 0.2) is 34.8 Å². The van der Waals surface area contributed by atoms with Crippen molar-refractivity contribution in [3.05, 3.63) is 41.0 Å². The van der Waals surface area contributed by atoms with Crippen molar-refractivity contribution >= 4 is 17.6 Å². The SMILES string of the molecule is CC=C(C)[C@H]1C[C@H]2C3=Nc4cccc(C)c4[C@@]3(OO)CCN2C[C@H]1CC.O=C=O. The lowest BCUT2D eigenvalue weighted by atomic mass is 9.70. The van der Waals surface area contributed by atoms with E-state index in [0.717, 1.165) is 48.5 Å². The second kappa shape index (κ2) is 8.72. The lowest BCUT2D eigenvalue weighted by Crippen LogP contribution is -2.61. The molecule has 1 aromatic rings. The van der Waals surface area contributed by atoms with Crippen LogP contribution in [0.3, 0.4) is 0 Å². The summed E-state index contributed by atoms with van der Waals surface area (Å²) in [5, 5.41) is 10.0. The molecule has 0 bridgehead atoms. The van der Waals surface area contributed by atoms with Crippen LogP contribution in [0, 0.1) is 18.8 Å². The van der Waals surface area contributed by atoms with Crippen LogP contribution in [0.25, 0.3) is 0 Å². The molecule has 29 heavy (non-hydrogen) atoms. The number of allylic oxidation sites excluding steroid dienone is 2. The molecule has 0 spiro atoms. The van der Waals surface area contributed by atoms with Crippen LogP contribution < -0.4 is 0 Å². The highest BCUT2D eigenvalue weighted by Crippen LogP contribution is 2.51. The molecule has 3 aliphatic heterocycles. The molecule has 0 radical (unpaired) electrons. The van der Waals surface area contributed by atoms with Crippen molar-refractivity contribution in [2.45, 2.75) is 58.6 Å². The van der Waals surface area contributed by atoms with Crippen molar-refractivity contribution in [1.29, 1.82) is 0 Å². The molecule has 0 saturated carbocycles. The van der Waals surface area contributed by atoms with Crippen LogP contribution >= 0.6 is 0 Å². The minimum absolute atomic E-state index is 0.241. The highest BCUT2D eigenvalue weighted by atomic mass is 17.1. The van der Waals surface area contributed by atoms with Crippen molar-refractivity contribution in [3.8, 4) is 0 Å². The Bertz CT molecular complexity index is 856. The highest BCUT2D eigenvalue weighted by molar-refractivity contribution is 6.05. The fraction of sp³-hybridized carbons (Fsp3) is 0.565. The predicted molar refractivity (Wildman–Crippen MR) is 110 cm³/mol. The second-order valence-electron chi connectivity index (χ2n) is 8.27. The zero-order chi connectivity index (χ0) is 21.2. The number of aryl methyl sites for hydroxylation is 1. The Morgan fingerprint density at radius 1 is 1.45 bits per heavy atom. The summed E-state index contributed by atoms with van der Waals surface area (Å²) >= 11 is 0. The van der Waals surface area contributed by atoms with Crippen LogP contribution in [0.5, 0.6) is 0 Å². The number of rotatable bonds is 3. The fourth-order valence-electron chi connectivity index (χ4n) is 5.51. The van der Waals surface area contributed by atoms with E-state index in [4.69, 9.17) is 19.5 Å². The lowest BCUT2D eigenvalue weighted by molar-refractivity contribution is -0.311. The van der Waals surface area contributed by atoms with Crippen molar-refractivity contribution < 1.29 is 19.7 Å². The van der Waals surface area contributed by atoms with E-state index in [1.165, 1.54) is 12.0 Å². The van der Waals surface area contributed by atoms with Gasteiger partial charge in [0.05, 0.1) is 17.4 Å². The minimum Gasteiger partial charge on any atom is -0.295 e. The third-order valence-electron chi connectivity index (χ3n) is 7.05. The average Bonchev–Trinajstić information content (AvgIpc) is 3.09. The molecule has 6 heteroatoms. The molecule has 0 unspecified atom stereocenters. The van der Waals surface area contributed by atoms with Gasteiger partial charge in [-0.3, -0.25) is 15.1 Å². The largest absolute Gasteiger partial charge is 0.373 e. The van der Waals surface area contributed by atoms with Crippen molar-refractivity contribution in [1.82, 2.24) is 4.90 Å². The predicted octanol–water partition coefficient (Wildman–Crippen LogP) is 4.27. The smallest absolute Gasteiger partial charge is 0.295 e. The van der Waals surface area contributed by atoms with Crippen LogP contribution in [-0.4, -0.2) is 41.2 Å². The molecule has 2 saturated heterocycles. The van der Waals surface area contributed by atoms with E-state index in [9.17, 15) is 5.26 Å². The Kier molecular flexibility index (Phi) is 6.49. The zero-order valence-electron chi connectivity index (χ0n) is 17.6. The highest BCUT2D eigenvalue weighted by Gasteiger charge is 2.55. The number of aliphatic imine (C=N–C) groups is 1. The minimum atomic E-state index is -0.755. The molecule has 3 aliphatic rings. The Morgan fingerprint density at radius 3 is 2.79 bits per heavy atom. The summed E-state index contributed by atoms with van der Waals surface area (Å²) in [6.07, 6.45) is 5.54. The number of piperidine rings is 2. The van der Waals surface area contributed by atoms with Gasteiger partial charge >= 0.3 is 6.15 Å². The molecular weight excluding hydrogens is 368 g/mol. The number of hydrogen-bond donors (Lipinski definition) is 1. The van der Waals surface area contributed by atoms with Gasteiger partial charge in [0.1, 0.15) is 0 Å². The third-order valence-corrected chi connectivity index (χ3v) is 7.05. The third kappa shape index (κ3) is 3.51. The van der Waals surface area contributed by atoms with E-state index in [1.807, 2.05) is 12.1 Å². The lowest BCUT2D eigenvalue weighted by Gasteiger charge is -2.50. The zero-order valence-corrected chi connectivity index (χ0v) is 17.6. The van der Waals surface area contributed by atoms with E-state index in [1.54, 1.807) is 0 Å². The molecule has 156 valence electrons. The van der Waals surface area contributed by atoms with Gasteiger partial charge in [0.2, 0.25) is 0 Å². The van der Waals surface area contributed by atoms with Gasteiger partial charge in [-0.2, -0.15) is 9.59 Å². The summed E-state index contributed by atoms with van der Waals surface area (Å²) in [5.41, 5.74) is 4.91. The van der Waals surface area contributed by atoms with Gasteiger partial charge in [-0.05, 0) is 50.7 Å². The molecule has 0 aliphatic carbocycles. The molecule has 4 atom stereocenters. The second-order valence-corrected chi connectivity index (χ2v) is 8.27. The number of hydrogen-bond acceptors (Lipinski definition) is 6. The Labute approximate surface area is 172 Å². The Balaban J connectivity index is 0.000000755. The number of carbonyl (C=O) groups excluding carboxylic acids is 2. The molecule has 2 fully saturated rings. The van der Waals surface area contributed by atoms with Gasteiger partial charge in [-0.1, -0.05) is 37.1 Å². The summed E-state index contributed by atoms with van der Waals surface area (Å²) in [6, 6.07) is 6.42. The summed E-state index contributed by atoms with van der Waals surface area (Å²) in [6.45, 7) is 10.8. The molecule has 1 aromatic carbocycles. The first-order chi connectivity index (χ1) is 14.0. The van der Waals surface area contributed by atoms with Crippen LogP contribution in [0.1, 0.15) is 51.2 Å². The van der Waals surface area contributed by atoms with E-state index >= 15 is 0 Å². The number of nitrogens with zero attached hydrogens (tertiary/aromatic N) is 2. The molecule has 0 aromatic heterocycles. The monoisotopic (exact) mass is 398 g/mol. The first-order valence-corrected chi connectivity index (χ1v) is 10.3. The summed E-state index contributed by atoms with van der Waals surface area (Å²) < 4.78 is 0. The molecular formula is C23H30N2O4. The normalized spacial score (nSPS) is 30.9. The topological polar surface area (TPSA) is 79.2 Å². The summed E-state index contributed by atoms with van der Waals surface area (Å²) in [5.74, 6) is 1.27. The maximum Gasteiger partial charge on any atom is 0.373 e. The van der Waals surface area contributed by atoms with Gasteiger partial charge < -0.3 is 0 Å². The molecule has 6 nitrogen and oxygen atoms in total. The maximum atomic E-state index is 10.0. The van der Waals surface area contributed by atoms with Crippen molar-refractivity contribution in [3.63, 3.8) is 0 Å². The van der Waals surface area contributed by atoms with Crippen LogP contribution in [-0.2, 0) is 20.1 Å². The quantitative estimate of drug-likeness (QED) is 0.467. The van der Waals surface area contributed by atoms with E-state index < -0.39 is 5.60 Å². The van der Waals surface area contributed by atoms with E-state index in [0.29, 0.717) is 11.8 Å². The summed E-state index contributed by atoms with van der Waals surface area (Å²) in [7, 11) is 0. The number of benzene rings is 1. The van der Waals surface area contributed by atoms with Crippen LogP contribution in [0.4, 0.5) is 5.69 Å². The molecule has 1 N–H and O–H groups in total. The standard InChI is InChI=1S/C22H30N2O2.CO2/c1-5-14(3)17-12-19-21-22(26-25,10-11-24(19)13-16(17)6-2)20-15(4)8-7-9-18(20)23-21;2-1-3/h5,7-9,16-17,19,25H,6,10-13H2,1-4H3;/t16-,17-,19+,22+;/m1./s1. The molecule has 0 amide bonds. The molecule has 4 rings (SSSR count). The van der Waals surface area contributed by atoms with Crippen molar-refractivity contribution in [2.24, 2.45) is 16.8 Å².